The van der Waals surface area contributed by atoms with Crippen LogP contribution < -0.4 is 10.5 Å². The summed E-state index contributed by atoms with van der Waals surface area (Å²) in [5, 5.41) is 4.17. The zero-order valence-corrected chi connectivity index (χ0v) is 12.0. The van der Waals surface area contributed by atoms with Gasteiger partial charge in [-0.15, -0.1) is 5.10 Å². The standard InChI is InChI=1S/C14H19N5O2/c1-18(9-5-8-15)13(20)10-21-14-16-11-19(17-14)12-6-3-2-4-7-12/h2-4,6-7,11H,5,8-10,15H2,1H3. The van der Waals surface area contributed by atoms with Crippen molar-refractivity contribution in [2.24, 2.45) is 5.73 Å². The quantitative estimate of drug-likeness (QED) is 0.800. The summed E-state index contributed by atoms with van der Waals surface area (Å²) in [4.78, 5) is 17.4. The first-order valence-corrected chi connectivity index (χ1v) is 6.74. The van der Waals surface area contributed by atoms with Crippen LogP contribution in [0.25, 0.3) is 5.69 Å². The van der Waals surface area contributed by atoms with Crippen LogP contribution in [0.2, 0.25) is 0 Å². The number of hydrogen-bond acceptors (Lipinski definition) is 5. The lowest BCUT2D eigenvalue weighted by atomic mass is 10.3. The maximum absolute atomic E-state index is 11.8. The number of para-hydroxylation sites is 1. The number of amides is 1. The van der Waals surface area contributed by atoms with Crippen LogP contribution >= 0.6 is 0 Å². The van der Waals surface area contributed by atoms with Gasteiger partial charge in [0.2, 0.25) is 0 Å². The molecule has 7 nitrogen and oxygen atoms in total. The number of ether oxygens (including phenoxy) is 1. The van der Waals surface area contributed by atoms with Crippen LogP contribution in [0, 0.1) is 0 Å². The topological polar surface area (TPSA) is 86.3 Å². The van der Waals surface area contributed by atoms with Crippen LogP contribution in [0.1, 0.15) is 6.42 Å². The van der Waals surface area contributed by atoms with Gasteiger partial charge in [0.25, 0.3) is 5.91 Å². The first-order chi connectivity index (χ1) is 10.2. The van der Waals surface area contributed by atoms with Gasteiger partial charge in [-0.1, -0.05) is 18.2 Å². The number of likely N-dealkylation sites (N-methyl/N-ethyl adjacent to an activating group) is 1. The van der Waals surface area contributed by atoms with E-state index in [0.717, 1.165) is 12.1 Å². The SMILES string of the molecule is CN(CCCN)C(=O)COc1ncn(-c2ccccc2)n1. The first-order valence-electron chi connectivity index (χ1n) is 6.74. The van der Waals surface area contributed by atoms with E-state index < -0.39 is 0 Å². The summed E-state index contributed by atoms with van der Waals surface area (Å²) in [5.41, 5.74) is 6.29. The molecule has 0 fully saturated rings. The molecule has 0 bridgehead atoms. The lowest BCUT2D eigenvalue weighted by molar-refractivity contribution is -0.132. The summed E-state index contributed by atoms with van der Waals surface area (Å²) in [7, 11) is 1.72. The predicted molar refractivity (Wildman–Crippen MR) is 78.2 cm³/mol. The molecule has 1 aromatic carbocycles. The zero-order chi connectivity index (χ0) is 15.1. The molecule has 2 N–H and O–H groups in total. The van der Waals surface area contributed by atoms with Gasteiger partial charge in [0, 0.05) is 13.6 Å². The lowest BCUT2D eigenvalue weighted by Crippen LogP contribution is -2.33. The minimum atomic E-state index is -0.125. The summed E-state index contributed by atoms with van der Waals surface area (Å²) >= 11 is 0. The fraction of sp³-hybridized carbons (Fsp3) is 0.357. The summed E-state index contributed by atoms with van der Waals surface area (Å²) in [6.07, 6.45) is 2.32. The van der Waals surface area contributed by atoms with Gasteiger partial charge in [-0.25, -0.2) is 4.68 Å². The highest BCUT2D eigenvalue weighted by molar-refractivity contribution is 5.77. The van der Waals surface area contributed by atoms with Gasteiger partial charge in [0.05, 0.1) is 5.69 Å². The van der Waals surface area contributed by atoms with E-state index >= 15 is 0 Å². The second-order valence-corrected chi connectivity index (χ2v) is 4.55. The summed E-state index contributed by atoms with van der Waals surface area (Å²) in [6.45, 7) is 1.09. The van der Waals surface area contributed by atoms with Crippen molar-refractivity contribution in [3.05, 3.63) is 36.7 Å². The first kappa shape index (κ1) is 15.0. The highest BCUT2D eigenvalue weighted by Gasteiger charge is 2.11. The fourth-order valence-electron chi connectivity index (χ4n) is 1.71. The number of aromatic nitrogens is 3. The molecule has 0 aliphatic rings. The molecule has 0 saturated heterocycles. The molecule has 1 aromatic heterocycles. The largest absolute Gasteiger partial charge is 0.452 e. The number of carbonyl (C=O) groups is 1. The van der Waals surface area contributed by atoms with E-state index in [1.165, 1.54) is 0 Å². The Hall–Kier alpha value is -2.41. The monoisotopic (exact) mass is 289 g/mol. The summed E-state index contributed by atoms with van der Waals surface area (Å²) in [5.74, 6) is -0.125. The van der Waals surface area contributed by atoms with Crippen LogP contribution in [0.3, 0.4) is 0 Å². The average Bonchev–Trinajstić information content (AvgIpc) is 3.00. The number of rotatable bonds is 7. The normalized spacial score (nSPS) is 10.4. The number of benzene rings is 1. The van der Waals surface area contributed by atoms with E-state index in [0.29, 0.717) is 13.1 Å². The molecule has 0 aliphatic carbocycles. The van der Waals surface area contributed by atoms with Crippen LogP contribution in [0.5, 0.6) is 6.01 Å². The van der Waals surface area contributed by atoms with Gasteiger partial charge >= 0.3 is 6.01 Å². The van der Waals surface area contributed by atoms with Crippen LogP contribution in [-0.4, -0.2) is 52.3 Å². The van der Waals surface area contributed by atoms with E-state index in [1.807, 2.05) is 30.3 Å². The van der Waals surface area contributed by atoms with Crippen molar-refractivity contribution in [3.8, 4) is 11.7 Å². The van der Waals surface area contributed by atoms with Gasteiger partial charge in [-0.3, -0.25) is 4.79 Å². The Labute approximate surface area is 123 Å². The third-order valence-corrected chi connectivity index (χ3v) is 2.94. The molecule has 0 atom stereocenters. The Balaban J connectivity index is 1.87. The second kappa shape index (κ2) is 7.39. The fourth-order valence-corrected chi connectivity index (χ4v) is 1.71. The summed E-state index contributed by atoms with van der Waals surface area (Å²) < 4.78 is 6.90. The van der Waals surface area contributed by atoms with E-state index in [4.69, 9.17) is 10.5 Å². The van der Waals surface area contributed by atoms with Crippen molar-refractivity contribution < 1.29 is 9.53 Å². The molecule has 2 rings (SSSR count). The zero-order valence-electron chi connectivity index (χ0n) is 12.0. The van der Waals surface area contributed by atoms with Crippen molar-refractivity contribution in [1.29, 1.82) is 0 Å². The van der Waals surface area contributed by atoms with Crippen molar-refractivity contribution in [1.82, 2.24) is 19.7 Å². The third-order valence-electron chi connectivity index (χ3n) is 2.94. The highest BCUT2D eigenvalue weighted by atomic mass is 16.5. The molecule has 1 heterocycles. The molecule has 0 radical (unpaired) electrons. The van der Waals surface area contributed by atoms with Gasteiger partial charge in [-0.05, 0) is 25.1 Å². The number of carbonyl (C=O) groups excluding carboxylic acids is 1. The van der Waals surface area contributed by atoms with E-state index in [2.05, 4.69) is 10.1 Å². The van der Waals surface area contributed by atoms with Gasteiger partial charge in [0.1, 0.15) is 6.33 Å². The molecule has 2 aromatic rings. The Morgan fingerprint density at radius 3 is 2.86 bits per heavy atom. The van der Waals surface area contributed by atoms with Crippen LogP contribution in [0.15, 0.2) is 36.7 Å². The molecular weight excluding hydrogens is 270 g/mol. The van der Waals surface area contributed by atoms with Crippen LogP contribution in [-0.2, 0) is 4.79 Å². The maximum Gasteiger partial charge on any atom is 0.336 e. The Kier molecular flexibility index (Phi) is 5.28. The van der Waals surface area contributed by atoms with E-state index in [-0.39, 0.29) is 18.5 Å². The van der Waals surface area contributed by atoms with E-state index in [9.17, 15) is 4.79 Å². The molecule has 21 heavy (non-hydrogen) atoms. The van der Waals surface area contributed by atoms with E-state index in [1.54, 1.807) is 23.0 Å². The molecule has 1 amide bonds. The molecule has 0 spiro atoms. The molecule has 0 saturated carbocycles. The maximum atomic E-state index is 11.8. The second-order valence-electron chi connectivity index (χ2n) is 4.55. The Bertz CT molecular complexity index is 570. The smallest absolute Gasteiger partial charge is 0.336 e. The van der Waals surface area contributed by atoms with Gasteiger partial charge in [0.15, 0.2) is 6.61 Å². The van der Waals surface area contributed by atoms with Crippen molar-refractivity contribution in [2.45, 2.75) is 6.42 Å². The van der Waals surface area contributed by atoms with Crippen molar-refractivity contribution in [3.63, 3.8) is 0 Å². The Morgan fingerprint density at radius 1 is 1.38 bits per heavy atom. The van der Waals surface area contributed by atoms with Crippen molar-refractivity contribution >= 4 is 5.91 Å². The third kappa shape index (κ3) is 4.28. The summed E-state index contributed by atoms with van der Waals surface area (Å²) in [6, 6.07) is 9.74. The predicted octanol–water partition coefficient (Wildman–Crippen LogP) is 0.453. The van der Waals surface area contributed by atoms with Crippen molar-refractivity contribution in [2.75, 3.05) is 26.7 Å². The molecule has 0 aliphatic heterocycles. The lowest BCUT2D eigenvalue weighted by Gasteiger charge is -2.15. The number of hydrogen-bond donors (Lipinski definition) is 1. The molecule has 112 valence electrons. The molecule has 0 unspecified atom stereocenters. The Morgan fingerprint density at radius 2 is 2.14 bits per heavy atom. The van der Waals surface area contributed by atoms with Gasteiger partial charge < -0.3 is 15.4 Å². The van der Waals surface area contributed by atoms with Gasteiger partial charge in [-0.2, -0.15) is 4.98 Å². The molecular formula is C14H19N5O2. The number of nitrogens with zero attached hydrogens (tertiary/aromatic N) is 4. The highest BCUT2D eigenvalue weighted by Crippen LogP contribution is 2.08. The minimum absolute atomic E-state index is 0.0835. The molecule has 7 heteroatoms. The average molecular weight is 289 g/mol. The van der Waals surface area contributed by atoms with Crippen LogP contribution in [0.4, 0.5) is 0 Å². The number of nitrogens with two attached hydrogens (primary N) is 1. The minimum Gasteiger partial charge on any atom is -0.452 e.